The highest BCUT2D eigenvalue weighted by Gasteiger charge is 2.40. The second-order valence-electron chi connectivity index (χ2n) is 5.72. The molecule has 6 heteroatoms. The van der Waals surface area contributed by atoms with Gasteiger partial charge >= 0.3 is 0 Å². The van der Waals surface area contributed by atoms with Crippen molar-refractivity contribution in [3.63, 3.8) is 0 Å². The van der Waals surface area contributed by atoms with Crippen molar-refractivity contribution in [3.05, 3.63) is 24.3 Å². The molecule has 1 atom stereocenters. The second-order valence-corrected chi connectivity index (χ2v) is 5.72. The third kappa shape index (κ3) is 4.75. The number of nitrogens with zero attached hydrogens (tertiary/aromatic N) is 1. The van der Waals surface area contributed by atoms with Gasteiger partial charge in [0.1, 0.15) is 18.1 Å². The second kappa shape index (κ2) is 8.99. The number of hydrogen-bond donors (Lipinski definition) is 1. The predicted molar refractivity (Wildman–Crippen MR) is 93.6 cm³/mol. The first-order valence-electron chi connectivity index (χ1n) is 7.89. The van der Waals surface area contributed by atoms with Crippen LogP contribution < -0.4 is 14.8 Å². The Morgan fingerprint density at radius 1 is 1.30 bits per heavy atom. The molecular weight excluding hydrogens is 316 g/mol. The van der Waals surface area contributed by atoms with E-state index in [4.69, 9.17) is 9.47 Å². The monoisotopic (exact) mass is 342 g/mol. The maximum absolute atomic E-state index is 12.6. The molecule has 0 saturated carbocycles. The first-order chi connectivity index (χ1) is 10.6. The number of amides is 1. The van der Waals surface area contributed by atoms with Gasteiger partial charge in [-0.3, -0.25) is 4.79 Å². The zero-order chi connectivity index (χ0) is 16.0. The van der Waals surface area contributed by atoms with E-state index in [1.807, 2.05) is 31.3 Å². The summed E-state index contributed by atoms with van der Waals surface area (Å²) in [6.07, 6.45) is 2.82. The molecule has 23 heavy (non-hydrogen) atoms. The number of carbonyl (C=O) groups is 1. The lowest BCUT2D eigenvalue weighted by Gasteiger charge is -2.31. The minimum absolute atomic E-state index is 0. The van der Waals surface area contributed by atoms with Gasteiger partial charge < -0.3 is 19.7 Å². The highest BCUT2D eigenvalue weighted by molar-refractivity contribution is 5.86. The van der Waals surface area contributed by atoms with Crippen LogP contribution in [-0.2, 0) is 4.79 Å². The highest BCUT2D eigenvalue weighted by Crippen LogP contribution is 2.25. The average Bonchev–Trinajstić information content (AvgIpc) is 3.05. The summed E-state index contributed by atoms with van der Waals surface area (Å²) in [7, 11) is 3.48. The Morgan fingerprint density at radius 3 is 2.48 bits per heavy atom. The fraction of sp³-hybridized carbons (Fsp3) is 0.588. The van der Waals surface area contributed by atoms with E-state index in [0.29, 0.717) is 13.2 Å². The highest BCUT2D eigenvalue weighted by atomic mass is 35.5. The molecule has 1 N–H and O–H groups in total. The number of ether oxygens (including phenoxy) is 2. The van der Waals surface area contributed by atoms with Crippen LogP contribution in [0.1, 0.15) is 26.2 Å². The molecule has 0 bridgehead atoms. The first kappa shape index (κ1) is 19.6. The van der Waals surface area contributed by atoms with E-state index in [1.54, 1.807) is 12.0 Å². The molecule has 1 amide bonds. The van der Waals surface area contributed by atoms with Gasteiger partial charge in [0.2, 0.25) is 5.91 Å². The smallest absolute Gasteiger partial charge is 0.242 e. The number of hydrogen-bond acceptors (Lipinski definition) is 4. The van der Waals surface area contributed by atoms with Crippen molar-refractivity contribution in [2.45, 2.75) is 31.7 Å². The van der Waals surface area contributed by atoms with Gasteiger partial charge in [0, 0.05) is 7.05 Å². The molecule has 1 aromatic carbocycles. The van der Waals surface area contributed by atoms with Crippen LogP contribution in [0.5, 0.6) is 11.5 Å². The van der Waals surface area contributed by atoms with Crippen LogP contribution in [0, 0.1) is 0 Å². The molecule has 1 aromatic rings. The Morgan fingerprint density at radius 2 is 1.96 bits per heavy atom. The van der Waals surface area contributed by atoms with E-state index in [9.17, 15) is 4.79 Å². The zero-order valence-electron chi connectivity index (χ0n) is 14.1. The number of nitrogens with one attached hydrogen (secondary N) is 1. The van der Waals surface area contributed by atoms with E-state index in [2.05, 4.69) is 12.2 Å². The number of carbonyl (C=O) groups excluding carboxylic acids is 1. The summed E-state index contributed by atoms with van der Waals surface area (Å²) in [6, 6.07) is 7.46. The van der Waals surface area contributed by atoms with Crippen molar-refractivity contribution >= 4 is 18.3 Å². The summed E-state index contributed by atoms with van der Waals surface area (Å²) < 4.78 is 10.8. The maximum Gasteiger partial charge on any atom is 0.242 e. The maximum atomic E-state index is 12.6. The Bertz CT molecular complexity index is 487. The van der Waals surface area contributed by atoms with Gasteiger partial charge in [-0.05, 0) is 50.1 Å². The molecule has 1 unspecified atom stereocenters. The molecule has 1 aliphatic heterocycles. The standard InChI is InChI=1S/C17H26N2O3.ClH/c1-4-17(10-5-11-18-17)16(20)19(2)12-13-22-15-8-6-14(21-3)7-9-15;/h6-9,18H,4-5,10-13H2,1-3H3;1H. The lowest BCUT2D eigenvalue weighted by molar-refractivity contribution is -0.137. The SMILES string of the molecule is CCC1(C(=O)N(C)CCOc2ccc(OC)cc2)CCCN1.Cl. The fourth-order valence-electron chi connectivity index (χ4n) is 2.88. The normalized spacial score (nSPS) is 19.8. The third-order valence-corrected chi connectivity index (χ3v) is 4.36. The van der Waals surface area contributed by atoms with Crippen LogP contribution in [0.2, 0.25) is 0 Å². The number of likely N-dealkylation sites (N-methyl/N-ethyl adjacent to an activating group) is 1. The third-order valence-electron chi connectivity index (χ3n) is 4.36. The molecule has 2 rings (SSSR count). The van der Waals surface area contributed by atoms with E-state index >= 15 is 0 Å². The van der Waals surface area contributed by atoms with Crippen molar-refractivity contribution in [2.24, 2.45) is 0 Å². The summed E-state index contributed by atoms with van der Waals surface area (Å²) in [5.74, 6) is 1.76. The minimum Gasteiger partial charge on any atom is -0.497 e. The van der Waals surface area contributed by atoms with Crippen molar-refractivity contribution in [2.75, 3.05) is 33.9 Å². The zero-order valence-corrected chi connectivity index (χ0v) is 14.9. The Kier molecular flexibility index (Phi) is 7.65. The molecular formula is C17H27ClN2O3. The van der Waals surface area contributed by atoms with Crippen molar-refractivity contribution in [1.82, 2.24) is 10.2 Å². The molecule has 1 fully saturated rings. The Hall–Kier alpha value is -1.46. The van der Waals surface area contributed by atoms with Crippen molar-refractivity contribution in [3.8, 4) is 11.5 Å². The van der Waals surface area contributed by atoms with Gasteiger partial charge in [0.05, 0.1) is 19.2 Å². The van der Waals surface area contributed by atoms with E-state index in [0.717, 1.165) is 37.3 Å². The molecule has 5 nitrogen and oxygen atoms in total. The summed E-state index contributed by atoms with van der Waals surface area (Å²) in [4.78, 5) is 14.4. The van der Waals surface area contributed by atoms with Crippen LogP contribution in [0.4, 0.5) is 0 Å². The van der Waals surface area contributed by atoms with Crippen LogP contribution in [0.15, 0.2) is 24.3 Å². The largest absolute Gasteiger partial charge is 0.497 e. The topological polar surface area (TPSA) is 50.8 Å². The number of benzene rings is 1. The number of rotatable bonds is 7. The van der Waals surface area contributed by atoms with E-state index in [-0.39, 0.29) is 23.9 Å². The van der Waals surface area contributed by atoms with Crippen LogP contribution in [0.25, 0.3) is 0 Å². The van der Waals surface area contributed by atoms with Gasteiger partial charge in [-0.25, -0.2) is 0 Å². The lowest BCUT2D eigenvalue weighted by atomic mass is 9.92. The van der Waals surface area contributed by atoms with Gasteiger partial charge in [0.15, 0.2) is 0 Å². The summed E-state index contributed by atoms with van der Waals surface area (Å²) in [5, 5.41) is 3.38. The molecule has 130 valence electrons. The van der Waals surface area contributed by atoms with Gasteiger partial charge in [-0.15, -0.1) is 12.4 Å². The number of methoxy groups -OCH3 is 1. The average molecular weight is 343 g/mol. The molecule has 0 radical (unpaired) electrons. The van der Waals surface area contributed by atoms with Gasteiger partial charge in [0.25, 0.3) is 0 Å². The summed E-state index contributed by atoms with van der Waals surface area (Å²) >= 11 is 0. The van der Waals surface area contributed by atoms with Gasteiger partial charge in [-0.2, -0.15) is 0 Å². The van der Waals surface area contributed by atoms with E-state index in [1.165, 1.54) is 0 Å². The molecule has 1 heterocycles. The quantitative estimate of drug-likeness (QED) is 0.827. The van der Waals surface area contributed by atoms with Crippen molar-refractivity contribution < 1.29 is 14.3 Å². The molecule has 1 aliphatic rings. The molecule has 0 spiro atoms. The first-order valence-corrected chi connectivity index (χ1v) is 7.89. The summed E-state index contributed by atoms with van der Waals surface area (Å²) in [6.45, 7) is 4.05. The van der Waals surface area contributed by atoms with Crippen molar-refractivity contribution in [1.29, 1.82) is 0 Å². The fourth-order valence-corrected chi connectivity index (χ4v) is 2.88. The minimum atomic E-state index is -0.366. The van der Waals surface area contributed by atoms with Crippen LogP contribution in [-0.4, -0.2) is 50.2 Å². The molecule has 1 saturated heterocycles. The Balaban J connectivity index is 0.00000264. The van der Waals surface area contributed by atoms with E-state index < -0.39 is 0 Å². The Labute approximate surface area is 144 Å². The van der Waals surface area contributed by atoms with Gasteiger partial charge in [-0.1, -0.05) is 6.92 Å². The molecule has 0 aliphatic carbocycles. The van der Waals surface area contributed by atoms with Crippen LogP contribution in [0.3, 0.4) is 0 Å². The molecule has 0 aromatic heterocycles. The number of halogens is 1. The predicted octanol–water partition coefficient (Wildman–Crippen LogP) is 2.49. The summed E-state index contributed by atoms with van der Waals surface area (Å²) in [5.41, 5.74) is -0.366. The lowest BCUT2D eigenvalue weighted by Crippen LogP contribution is -2.54. The van der Waals surface area contributed by atoms with Crippen LogP contribution >= 0.6 is 12.4 Å².